The molecule has 0 spiro atoms. The van der Waals surface area contributed by atoms with Gasteiger partial charge in [-0.15, -0.1) is 0 Å². The summed E-state index contributed by atoms with van der Waals surface area (Å²) in [4.78, 5) is 26.4. The van der Waals surface area contributed by atoms with E-state index in [0.717, 1.165) is 25.7 Å². The number of carboxylic acid groups (broad SMARTS) is 1. The highest BCUT2D eigenvalue weighted by molar-refractivity contribution is 5.80. The number of aliphatic hydroxyl groups excluding tert-OH is 1. The lowest BCUT2D eigenvalue weighted by molar-refractivity contribution is -0.137. The summed E-state index contributed by atoms with van der Waals surface area (Å²) in [6.45, 7) is 2.97. The van der Waals surface area contributed by atoms with E-state index < -0.39 is 5.97 Å². The summed E-state index contributed by atoms with van der Waals surface area (Å²) < 4.78 is 0. The Morgan fingerprint density at radius 2 is 2.16 bits per heavy atom. The molecule has 1 fully saturated rings. The Balaban J connectivity index is 2.63. The van der Waals surface area contributed by atoms with E-state index in [9.17, 15) is 9.59 Å². The highest BCUT2D eigenvalue weighted by atomic mass is 16.4. The van der Waals surface area contributed by atoms with Crippen LogP contribution in [-0.2, 0) is 4.79 Å². The Bertz CT molecular complexity index is 309. The molecule has 0 aromatic rings. The minimum atomic E-state index is -0.979. The van der Waals surface area contributed by atoms with E-state index in [1.165, 1.54) is 4.90 Å². The van der Waals surface area contributed by atoms with Crippen molar-refractivity contribution in [1.29, 1.82) is 0 Å². The maximum Gasteiger partial charge on any atom is 0.323 e. The maximum atomic E-state index is 12.4. The van der Waals surface area contributed by atoms with Gasteiger partial charge >= 0.3 is 12.0 Å². The van der Waals surface area contributed by atoms with Crippen molar-refractivity contribution < 1.29 is 19.8 Å². The first-order valence-corrected chi connectivity index (χ1v) is 6.98. The van der Waals surface area contributed by atoms with Crippen LogP contribution >= 0.6 is 0 Å². The third-order valence-electron chi connectivity index (χ3n) is 3.41. The van der Waals surface area contributed by atoms with Gasteiger partial charge in [-0.05, 0) is 32.1 Å². The fourth-order valence-electron chi connectivity index (χ4n) is 2.57. The number of carboxylic acids is 1. The van der Waals surface area contributed by atoms with Crippen molar-refractivity contribution in [1.82, 2.24) is 9.80 Å². The zero-order valence-electron chi connectivity index (χ0n) is 11.5. The molecule has 1 heterocycles. The average molecular weight is 272 g/mol. The molecular formula is C13H24N2O4. The lowest BCUT2D eigenvalue weighted by Gasteiger charge is -2.31. The van der Waals surface area contributed by atoms with Crippen molar-refractivity contribution in [3.8, 4) is 0 Å². The Morgan fingerprint density at radius 1 is 1.42 bits per heavy atom. The molecule has 1 saturated heterocycles. The van der Waals surface area contributed by atoms with Gasteiger partial charge in [-0.3, -0.25) is 4.79 Å². The number of carbonyl (C=O) groups excluding carboxylic acids is 1. The van der Waals surface area contributed by atoms with E-state index in [1.54, 1.807) is 4.90 Å². The molecule has 1 atom stereocenters. The van der Waals surface area contributed by atoms with Crippen LogP contribution in [0.1, 0.15) is 39.0 Å². The van der Waals surface area contributed by atoms with Crippen LogP contribution in [0.2, 0.25) is 0 Å². The van der Waals surface area contributed by atoms with Crippen molar-refractivity contribution in [3.63, 3.8) is 0 Å². The second-order valence-electron chi connectivity index (χ2n) is 4.95. The molecule has 1 aliphatic heterocycles. The minimum absolute atomic E-state index is 0.131. The monoisotopic (exact) mass is 272 g/mol. The number of rotatable bonds is 7. The summed E-state index contributed by atoms with van der Waals surface area (Å²) in [7, 11) is 0. The van der Waals surface area contributed by atoms with Gasteiger partial charge in [0.2, 0.25) is 0 Å². The van der Waals surface area contributed by atoms with Gasteiger partial charge in [-0.25, -0.2) is 4.79 Å². The number of nitrogens with zero attached hydrogens (tertiary/aromatic N) is 2. The first-order chi connectivity index (χ1) is 9.10. The van der Waals surface area contributed by atoms with Gasteiger partial charge in [0.15, 0.2) is 0 Å². The molecule has 0 saturated carbocycles. The van der Waals surface area contributed by atoms with Crippen molar-refractivity contribution in [2.45, 2.75) is 45.1 Å². The predicted octanol–water partition coefficient (Wildman–Crippen LogP) is 1.14. The Labute approximate surface area is 114 Å². The summed E-state index contributed by atoms with van der Waals surface area (Å²) in [5, 5.41) is 17.7. The van der Waals surface area contributed by atoms with Gasteiger partial charge in [0.1, 0.15) is 6.54 Å². The number of carbonyl (C=O) groups is 2. The summed E-state index contributed by atoms with van der Waals surface area (Å²) in [5.74, 6) is -0.979. The van der Waals surface area contributed by atoms with E-state index in [0.29, 0.717) is 19.5 Å². The van der Waals surface area contributed by atoms with Gasteiger partial charge in [0.05, 0.1) is 0 Å². The molecule has 1 aliphatic rings. The van der Waals surface area contributed by atoms with Crippen molar-refractivity contribution in [2.75, 3.05) is 26.2 Å². The molecule has 110 valence electrons. The van der Waals surface area contributed by atoms with E-state index >= 15 is 0 Å². The second kappa shape index (κ2) is 7.99. The first kappa shape index (κ1) is 15.8. The SMILES string of the molecule is CCCN(CC(=O)O)C(=O)N1CCCC1CCCO. The molecule has 0 aromatic carbocycles. The van der Waals surface area contributed by atoms with Crippen LogP contribution in [-0.4, -0.2) is 64.3 Å². The number of hydrogen-bond acceptors (Lipinski definition) is 3. The Hall–Kier alpha value is -1.30. The number of aliphatic hydroxyl groups is 1. The summed E-state index contributed by atoms with van der Waals surface area (Å²) in [6, 6.07) is -0.0301. The highest BCUT2D eigenvalue weighted by Gasteiger charge is 2.31. The normalized spacial score (nSPS) is 18.6. The number of urea groups is 1. The van der Waals surface area contributed by atoms with Crippen LogP contribution in [0.4, 0.5) is 4.79 Å². The molecular weight excluding hydrogens is 248 g/mol. The van der Waals surface area contributed by atoms with Crippen molar-refractivity contribution in [2.24, 2.45) is 0 Å². The highest BCUT2D eigenvalue weighted by Crippen LogP contribution is 2.22. The molecule has 6 heteroatoms. The third-order valence-corrected chi connectivity index (χ3v) is 3.41. The molecule has 1 rings (SSSR count). The quantitative estimate of drug-likeness (QED) is 0.728. The maximum absolute atomic E-state index is 12.4. The molecule has 19 heavy (non-hydrogen) atoms. The molecule has 2 N–H and O–H groups in total. The summed E-state index contributed by atoms with van der Waals surface area (Å²) >= 11 is 0. The second-order valence-corrected chi connectivity index (χ2v) is 4.95. The largest absolute Gasteiger partial charge is 0.480 e. The van der Waals surface area contributed by atoms with E-state index in [2.05, 4.69) is 0 Å². The zero-order chi connectivity index (χ0) is 14.3. The van der Waals surface area contributed by atoms with Crippen LogP contribution < -0.4 is 0 Å². The van der Waals surface area contributed by atoms with Crippen LogP contribution in [0.25, 0.3) is 0 Å². The van der Waals surface area contributed by atoms with Crippen molar-refractivity contribution in [3.05, 3.63) is 0 Å². The van der Waals surface area contributed by atoms with E-state index in [4.69, 9.17) is 10.2 Å². The smallest absolute Gasteiger partial charge is 0.323 e. The Morgan fingerprint density at radius 3 is 2.74 bits per heavy atom. The minimum Gasteiger partial charge on any atom is -0.480 e. The van der Waals surface area contributed by atoms with Gasteiger partial charge in [0.25, 0.3) is 0 Å². The number of amides is 2. The number of likely N-dealkylation sites (tertiary alicyclic amines) is 1. The van der Waals surface area contributed by atoms with Crippen LogP contribution in [0, 0.1) is 0 Å². The van der Waals surface area contributed by atoms with Gasteiger partial charge in [-0.1, -0.05) is 6.92 Å². The van der Waals surface area contributed by atoms with Gasteiger partial charge < -0.3 is 20.0 Å². The zero-order valence-corrected chi connectivity index (χ0v) is 11.5. The first-order valence-electron chi connectivity index (χ1n) is 6.98. The van der Waals surface area contributed by atoms with Crippen molar-refractivity contribution >= 4 is 12.0 Å². The van der Waals surface area contributed by atoms with E-state index in [1.807, 2.05) is 6.92 Å². The fourth-order valence-corrected chi connectivity index (χ4v) is 2.57. The molecule has 0 bridgehead atoms. The number of hydrogen-bond donors (Lipinski definition) is 2. The lowest BCUT2D eigenvalue weighted by atomic mass is 10.1. The fraction of sp³-hybridized carbons (Fsp3) is 0.846. The van der Waals surface area contributed by atoms with Gasteiger partial charge in [0, 0.05) is 25.7 Å². The molecule has 0 aromatic heterocycles. The molecule has 2 amide bonds. The standard InChI is InChI=1S/C13H24N2O4/c1-2-7-14(10-12(17)18)13(19)15-8-3-5-11(15)6-4-9-16/h11,16H,2-10H2,1H3,(H,17,18). The van der Waals surface area contributed by atoms with Crippen LogP contribution in [0.5, 0.6) is 0 Å². The van der Waals surface area contributed by atoms with Crippen LogP contribution in [0.15, 0.2) is 0 Å². The molecule has 6 nitrogen and oxygen atoms in total. The van der Waals surface area contributed by atoms with E-state index in [-0.39, 0.29) is 25.2 Å². The average Bonchev–Trinajstić information content (AvgIpc) is 2.82. The lowest BCUT2D eigenvalue weighted by Crippen LogP contribution is -2.47. The molecule has 0 radical (unpaired) electrons. The topological polar surface area (TPSA) is 81.1 Å². The third kappa shape index (κ3) is 4.70. The molecule has 0 aliphatic carbocycles. The summed E-state index contributed by atoms with van der Waals surface area (Å²) in [5.41, 5.74) is 0. The predicted molar refractivity (Wildman–Crippen MR) is 70.9 cm³/mol. The summed E-state index contributed by atoms with van der Waals surface area (Å²) in [6.07, 6.45) is 4.11. The Kier molecular flexibility index (Phi) is 6.62. The molecule has 1 unspecified atom stereocenters. The number of aliphatic carboxylic acids is 1. The van der Waals surface area contributed by atoms with Gasteiger partial charge in [-0.2, -0.15) is 0 Å². The van der Waals surface area contributed by atoms with Crippen LogP contribution in [0.3, 0.4) is 0 Å².